The summed E-state index contributed by atoms with van der Waals surface area (Å²) in [6.45, 7) is 3.57. The fourth-order valence-corrected chi connectivity index (χ4v) is 4.32. The van der Waals surface area contributed by atoms with Gasteiger partial charge in [0.25, 0.3) is 0 Å². The van der Waals surface area contributed by atoms with Crippen LogP contribution >= 0.6 is 0 Å². The molecule has 4 rings (SSSR count). The number of hydrogen-bond acceptors (Lipinski definition) is 5. The third-order valence-electron chi connectivity index (χ3n) is 5.99. The fourth-order valence-electron chi connectivity index (χ4n) is 4.32. The summed E-state index contributed by atoms with van der Waals surface area (Å²) >= 11 is 0. The van der Waals surface area contributed by atoms with Crippen molar-refractivity contribution in [2.75, 3.05) is 20.8 Å². The number of carboxylic acids is 1. The molecular weight excluding hydrogens is 463 g/mol. The number of rotatable bonds is 11. The highest BCUT2D eigenvalue weighted by molar-refractivity contribution is 5.98. The Morgan fingerprint density at radius 1 is 0.944 bits per heavy atom. The molecule has 188 valence electrons. The predicted octanol–water partition coefficient (Wildman–Crippen LogP) is 5.23. The highest BCUT2D eigenvalue weighted by Gasteiger charge is 2.23. The van der Waals surface area contributed by atoms with Crippen LogP contribution in [0.15, 0.2) is 60.7 Å². The number of halogens is 1. The lowest BCUT2D eigenvalue weighted by Gasteiger charge is -2.12. The summed E-state index contributed by atoms with van der Waals surface area (Å²) in [6.07, 6.45) is 0. The summed E-state index contributed by atoms with van der Waals surface area (Å²) in [5, 5.41) is 14.4. The van der Waals surface area contributed by atoms with Gasteiger partial charge in [-0.25, -0.2) is 9.18 Å². The van der Waals surface area contributed by atoms with Crippen LogP contribution in [0.4, 0.5) is 4.39 Å². The van der Waals surface area contributed by atoms with Crippen LogP contribution in [0.2, 0.25) is 0 Å². The van der Waals surface area contributed by atoms with E-state index in [2.05, 4.69) is 5.32 Å². The molecule has 8 heteroatoms. The summed E-state index contributed by atoms with van der Waals surface area (Å²) in [6, 6.07) is 17.3. The van der Waals surface area contributed by atoms with Crippen molar-refractivity contribution in [3.05, 3.63) is 88.9 Å². The molecule has 3 aromatic carbocycles. The number of aromatic nitrogens is 1. The molecule has 36 heavy (non-hydrogen) atoms. The second kappa shape index (κ2) is 11.1. The van der Waals surface area contributed by atoms with Gasteiger partial charge in [-0.2, -0.15) is 0 Å². The van der Waals surface area contributed by atoms with Gasteiger partial charge in [-0.15, -0.1) is 0 Å². The van der Waals surface area contributed by atoms with Gasteiger partial charge in [0.15, 0.2) is 11.5 Å². The number of ether oxygens (including phenoxy) is 3. The van der Waals surface area contributed by atoms with Gasteiger partial charge in [-0.3, -0.25) is 0 Å². The van der Waals surface area contributed by atoms with Gasteiger partial charge in [-0.1, -0.05) is 18.2 Å². The van der Waals surface area contributed by atoms with Crippen molar-refractivity contribution < 1.29 is 28.5 Å². The highest BCUT2D eigenvalue weighted by Crippen LogP contribution is 2.31. The van der Waals surface area contributed by atoms with E-state index in [0.717, 1.165) is 22.0 Å². The molecule has 0 bridgehead atoms. The van der Waals surface area contributed by atoms with E-state index in [-0.39, 0.29) is 18.1 Å². The number of carbonyl (C=O) groups is 1. The van der Waals surface area contributed by atoms with Gasteiger partial charge >= 0.3 is 5.97 Å². The van der Waals surface area contributed by atoms with Crippen molar-refractivity contribution in [3.63, 3.8) is 0 Å². The molecule has 0 fully saturated rings. The normalized spacial score (nSPS) is 11.0. The summed E-state index contributed by atoms with van der Waals surface area (Å²) < 4.78 is 31.6. The third-order valence-corrected chi connectivity index (χ3v) is 5.99. The van der Waals surface area contributed by atoms with E-state index in [1.54, 1.807) is 30.9 Å². The molecule has 0 saturated carbocycles. The van der Waals surface area contributed by atoms with Crippen molar-refractivity contribution in [3.8, 4) is 17.2 Å². The molecule has 0 amide bonds. The molecule has 0 spiro atoms. The summed E-state index contributed by atoms with van der Waals surface area (Å²) in [5.74, 6) is 0.567. The zero-order valence-corrected chi connectivity index (χ0v) is 20.5. The molecule has 0 radical (unpaired) electrons. The van der Waals surface area contributed by atoms with Gasteiger partial charge < -0.3 is 29.2 Å². The second-order valence-corrected chi connectivity index (χ2v) is 8.25. The van der Waals surface area contributed by atoms with E-state index in [1.807, 2.05) is 43.3 Å². The fraction of sp³-hybridized carbons (Fsp3) is 0.250. The average Bonchev–Trinajstić information content (AvgIpc) is 3.18. The van der Waals surface area contributed by atoms with Crippen LogP contribution in [-0.4, -0.2) is 36.5 Å². The van der Waals surface area contributed by atoms with E-state index in [4.69, 9.17) is 14.2 Å². The zero-order valence-electron chi connectivity index (χ0n) is 20.5. The molecule has 0 unspecified atom stereocenters. The van der Waals surface area contributed by atoms with E-state index < -0.39 is 5.97 Å². The lowest BCUT2D eigenvalue weighted by molar-refractivity contribution is 0.0684. The minimum Gasteiger partial charge on any atom is -0.497 e. The SMILES string of the molecule is CCOc1ccc(CNCc2c(C(=O)O)n(Cc3ccc(F)cc3)c3cc(OC)ccc23)cc1OC. The van der Waals surface area contributed by atoms with Crippen molar-refractivity contribution in [1.29, 1.82) is 0 Å². The smallest absolute Gasteiger partial charge is 0.352 e. The van der Waals surface area contributed by atoms with Crippen LogP contribution in [0, 0.1) is 5.82 Å². The maximum Gasteiger partial charge on any atom is 0.352 e. The lowest BCUT2D eigenvalue weighted by atomic mass is 10.1. The van der Waals surface area contributed by atoms with Gasteiger partial charge in [0.05, 0.1) is 26.3 Å². The topological polar surface area (TPSA) is 82.0 Å². The molecule has 0 saturated heterocycles. The molecule has 1 aromatic heterocycles. The van der Waals surface area contributed by atoms with Gasteiger partial charge in [0.1, 0.15) is 17.3 Å². The quantitative estimate of drug-likeness (QED) is 0.298. The molecule has 2 N–H and O–H groups in total. The Morgan fingerprint density at radius 3 is 2.36 bits per heavy atom. The Labute approximate surface area is 209 Å². The average molecular weight is 493 g/mol. The zero-order chi connectivity index (χ0) is 25.7. The van der Waals surface area contributed by atoms with Crippen LogP contribution in [0.5, 0.6) is 17.2 Å². The first-order chi connectivity index (χ1) is 17.4. The first-order valence-corrected chi connectivity index (χ1v) is 11.6. The number of fused-ring (bicyclic) bond motifs is 1. The number of aromatic carboxylic acids is 1. The van der Waals surface area contributed by atoms with Crippen molar-refractivity contribution >= 4 is 16.9 Å². The number of carboxylic acid groups (broad SMARTS) is 1. The molecule has 0 aliphatic heterocycles. The summed E-state index contributed by atoms with van der Waals surface area (Å²) in [4.78, 5) is 12.5. The second-order valence-electron chi connectivity index (χ2n) is 8.25. The molecule has 0 aliphatic rings. The van der Waals surface area contributed by atoms with Crippen LogP contribution in [0.3, 0.4) is 0 Å². The number of hydrogen-bond donors (Lipinski definition) is 2. The summed E-state index contributed by atoms with van der Waals surface area (Å²) in [5.41, 5.74) is 3.35. The Balaban J connectivity index is 1.67. The Bertz CT molecular complexity index is 1360. The standard InChI is InChI=1S/C28H29FN2O5/c1-4-36-25-12-7-19(13-26(25)35-3)15-30-16-23-22-11-10-21(34-2)14-24(22)31(27(23)28(32)33)17-18-5-8-20(29)9-6-18/h5-14,30H,4,15-17H2,1-3H3,(H,32,33). The highest BCUT2D eigenvalue weighted by atomic mass is 19.1. The third kappa shape index (κ3) is 5.28. The largest absolute Gasteiger partial charge is 0.497 e. The van der Waals surface area contributed by atoms with Crippen LogP contribution in [-0.2, 0) is 19.6 Å². The molecule has 7 nitrogen and oxygen atoms in total. The van der Waals surface area contributed by atoms with E-state index in [1.165, 1.54) is 12.1 Å². The Hall–Kier alpha value is -4.04. The van der Waals surface area contributed by atoms with E-state index in [9.17, 15) is 14.3 Å². The first kappa shape index (κ1) is 25.1. The summed E-state index contributed by atoms with van der Waals surface area (Å²) in [7, 11) is 3.17. The van der Waals surface area contributed by atoms with Crippen LogP contribution in [0.25, 0.3) is 10.9 Å². The maximum absolute atomic E-state index is 13.4. The molecular formula is C28H29FN2O5. The first-order valence-electron chi connectivity index (χ1n) is 11.6. The van der Waals surface area contributed by atoms with Gasteiger partial charge in [0.2, 0.25) is 0 Å². The molecule has 0 aliphatic carbocycles. The van der Waals surface area contributed by atoms with E-state index in [0.29, 0.717) is 42.5 Å². The van der Waals surface area contributed by atoms with Crippen molar-refractivity contribution in [2.24, 2.45) is 0 Å². The number of nitrogens with zero attached hydrogens (tertiary/aromatic N) is 1. The monoisotopic (exact) mass is 492 g/mol. The number of benzene rings is 3. The molecule has 0 atom stereocenters. The van der Waals surface area contributed by atoms with Crippen molar-refractivity contribution in [2.45, 2.75) is 26.6 Å². The van der Waals surface area contributed by atoms with Gasteiger partial charge in [-0.05, 0) is 54.4 Å². The Kier molecular flexibility index (Phi) is 7.75. The van der Waals surface area contributed by atoms with E-state index >= 15 is 0 Å². The minimum atomic E-state index is -1.04. The van der Waals surface area contributed by atoms with Crippen LogP contribution < -0.4 is 19.5 Å². The Morgan fingerprint density at radius 2 is 1.69 bits per heavy atom. The maximum atomic E-state index is 13.4. The van der Waals surface area contributed by atoms with Crippen molar-refractivity contribution in [1.82, 2.24) is 9.88 Å². The molecule has 1 heterocycles. The van der Waals surface area contributed by atoms with Gasteiger partial charge in [0, 0.05) is 36.7 Å². The number of methoxy groups -OCH3 is 2. The predicted molar refractivity (Wildman–Crippen MR) is 136 cm³/mol. The molecule has 4 aromatic rings. The van der Waals surface area contributed by atoms with Crippen LogP contribution in [0.1, 0.15) is 34.1 Å². The number of nitrogens with one attached hydrogen (secondary N) is 1. The lowest BCUT2D eigenvalue weighted by Crippen LogP contribution is -2.17. The minimum absolute atomic E-state index is 0.180.